The maximum absolute atomic E-state index is 13.4. The van der Waals surface area contributed by atoms with Crippen LogP contribution < -0.4 is 0 Å². The summed E-state index contributed by atoms with van der Waals surface area (Å²) < 4.78 is 23.8. The van der Waals surface area contributed by atoms with Crippen LogP contribution in [-0.2, 0) is 38.1 Å². The van der Waals surface area contributed by atoms with Crippen molar-refractivity contribution in [2.75, 3.05) is 0 Å². The number of allylic oxidation sites excluding steroid dienone is 1. The number of hydrogen-bond donors (Lipinski definition) is 0. The van der Waals surface area contributed by atoms with Crippen molar-refractivity contribution in [2.24, 2.45) is 23.2 Å². The van der Waals surface area contributed by atoms with Gasteiger partial charge in [0.05, 0.1) is 11.5 Å². The molecule has 228 valence electrons. The number of fused-ring (bicyclic) bond motifs is 1. The fourth-order valence-electron chi connectivity index (χ4n) is 6.05. The Balaban J connectivity index is 2.29. The molecule has 0 amide bonds. The zero-order valence-corrected chi connectivity index (χ0v) is 25.7. The Morgan fingerprint density at radius 2 is 1.50 bits per heavy atom. The smallest absolute Gasteiger partial charge is 0.338 e. The van der Waals surface area contributed by atoms with Crippen LogP contribution in [0.4, 0.5) is 0 Å². The molecule has 0 aliphatic heterocycles. The molecule has 42 heavy (non-hydrogen) atoms. The van der Waals surface area contributed by atoms with Crippen LogP contribution in [0.2, 0.25) is 0 Å². The van der Waals surface area contributed by atoms with Crippen LogP contribution in [0.25, 0.3) is 0 Å². The molecule has 0 unspecified atom stereocenters. The van der Waals surface area contributed by atoms with Gasteiger partial charge in [0.25, 0.3) is 0 Å². The summed E-state index contributed by atoms with van der Waals surface area (Å²) in [4.78, 5) is 64.0. The van der Waals surface area contributed by atoms with Crippen molar-refractivity contribution in [3.05, 3.63) is 59.7 Å². The summed E-state index contributed by atoms with van der Waals surface area (Å²) in [5.74, 6) is -4.12. The van der Waals surface area contributed by atoms with Crippen molar-refractivity contribution in [2.45, 2.75) is 92.1 Å². The first-order valence-electron chi connectivity index (χ1n) is 14.3. The van der Waals surface area contributed by atoms with E-state index in [0.29, 0.717) is 11.1 Å². The van der Waals surface area contributed by atoms with Crippen molar-refractivity contribution in [3.8, 4) is 0 Å². The molecule has 9 nitrogen and oxygen atoms in total. The standard InChI is InChI=1S/C33H42O9/c1-19-14-15-32(7,8)28(37)17-27(39-22(4)34)20(2)16-26-29(41-31(38)25-12-10-9-11-13-25)21(3)18-33(26,42-24(6)36)30(19)40-23(5)35/h9-16,19,21,26-27,29-30H,17-18H2,1-8H3/t19-,21+,26+,27-,29+,30+,33-/m1/s1. The molecule has 0 N–H and O–H groups in total. The molecular formula is C33H42O9. The number of rotatable bonds is 5. The molecule has 3 rings (SSSR count). The Morgan fingerprint density at radius 1 is 0.881 bits per heavy atom. The highest BCUT2D eigenvalue weighted by Gasteiger charge is 2.62. The predicted molar refractivity (Wildman–Crippen MR) is 154 cm³/mol. The van der Waals surface area contributed by atoms with Gasteiger partial charge in [-0.15, -0.1) is 0 Å². The topological polar surface area (TPSA) is 122 Å². The molecule has 1 aromatic rings. The van der Waals surface area contributed by atoms with Gasteiger partial charge in [0.2, 0.25) is 0 Å². The lowest BCUT2D eigenvalue weighted by Crippen LogP contribution is -2.55. The SMILES string of the molecule is CC(=O)O[C@@H]1CC(=O)C(C)(C)C=C[C@@H](C)[C@H](OC(C)=O)[C@@]2(OC(C)=O)C[C@H](C)[C@H](OC(=O)c3ccccc3)[C@@H]2C=C1C. The van der Waals surface area contributed by atoms with Crippen molar-refractivity contribution < 1.29 is 42.9 Å². The van der Waals surface area contributed by atoms with E-state index >= 15 is 0 Å². The number of carbonyl (C=O) groups is 5. The van der Waals surface area contributed by atoms with Crippen LogP contribution >= 0.6 is 0 Å². The molecule has 7 atom stereocenters. The Hall–Kier alpha value is -3.75. The molecule has 0 saturated heterocycles. The third-order valence-corrected chi connectivity index (χ3v) is 8.12. The normalized spacial score (nSPS) is 31.0. The van der Waals surface area contributed by atoms with E-state index in [1.807, 2.05) is 13.8 Å². The average molecular weight is 583 g/mol. The van der Waals surface area contributed by atoms with Crippen LogP contribution in [0, 0.1) is 23.2 Å². The third kappa shape index (κ3) is 7.36. The van der Waals surface area contributed by atoms with E-state index in [0.717, 1.165) is 0 Å². The first-order valence-corrected chi connectivity index (χ1v) is 14.3. The van der Waals surface area contributed by atoms with Crippen molar-refractivity contribution >= 4 is 29.7 Å². The Morgan fingerprint density at radius 3 is 2.07 bits per heavy atom. The highest BCUT2D eigenvalue weighted by molar-refractivity contribution is 5.89. The molecule has 2 aliphatic rings. The molecule has 0 aromatic heterocycles. The minimum atomic E-state index is -1.45. The van der Waals surface area contributed by atoms with E-state index in [2.05, 4.69) is 0 Å². The van der Waals surface area contributed by atoms with Gasteiger partial charge in [-0.25, -0.2) is 4.79 Å². The number of ketones is 1. The van der Waals surface area contributed by atoms with Crippen LogP contribution in [0.3, 0.4) is 0 Å². The van der Waals surface area contributed by atoms with Crippen molar-refractivity contribution in [3.63, 3.8) is 0 Å². The van der Waals surface area contributed by atoms with Gasteiger partial charge < -0.3 is 18.9 Å². The quantitative estimate of drug-likeness (QED) is 0.263. The summed E-state index contributed by atoms with van der Waals surface area (Å²) in [6.45, 7) is 12.8. The van der Waals surface area contributed by atoms with Gasteiger partial charge in [-0.1, -0.05) is 50.3 Å². The molecule has 9 heteroatoms. The van der Waals surface area contributed by atoms with Crippen LogP contribution in [0.15, 0.2) is 54.1 Å². The average Bonchev–Trinajstić information content (AvgIpc) is 3.14. The predicted octanol–water partition coefficient (Wildman–Crippen LogP) is 5.17. The zero-order valence-electron chi connectivity index (χ0n) is 25.7. The summed E-state index contributed by atoms with van der Waals surface area (Å²) >= 11 is 0. The van der Waals surface area contributed by atoms with E-state index in [-0.39, 0.29) is 24.5 Å². The van der Waals surface area contributed by atoms with E-state index < -0.39 is 65.0 Å². The minimum Gasteiger partial charge on any atom is -0.458 e. The summed E-state index contributed by atoms with van der Waals surface area (Å²) in [6.07, 6.45) is 2.67. The van der Waals surface area contributed by atoms with Crippen LogP contribution in [0.1, 0.15) is 78.6 Å². The van der Waals surface area contributed by atoms with Gasteiger partial charge in [0.1, 0.15) is 24.1 Å². The molecule has 0 radical (unpaired) electrons. The maximum atomic E-state index is 13.4. The Kier molecular flexibility index (Phi) is 10.2. The number of benzene rings is 1. The van der Waals surface area contributed by atoms with Crippen molar-refractivity contribution in [1.29, 1.82) is 0 Å². The van der Waals surface area contributed by atoms with Gasteiger partial charge in [-0.3, -0.25) is 19.2 Å². The fraction of sp³-hybridized carbons (Fsp3) is 0.545. The summed E-state index contributed by atoms with van der Waals surface area (Å²) in [5, 5.41) is 0. The lowest BCUT2D eigenvalue weighted by Gasteiger charge is -2.43. The molecule has 0 heterocycles. The summed E-state index contributed by atoms with van der Waals surface area (Å²) in [5.41, 5.74) is -1.51. The Labute approximate surface area is 247 Å². The largest absolute Gasteiger partial charge is 0.458 e. The monoisotopic (exact) mass is 582 g/mol. The third-order valence-electron chi connectivity index (χ3n) is 8.12. The number of esters is 4. The molecule has 0 bridgehead atoms. The highest BCUT2D eigenvalue weighted by Crippen LogP contribution is 2.51. The van der Waals surface area contributed by atoms with Crippen LogP contribution in [-0.4, -0.2) is 53.6 Å². The van der Waals surface area contributed by atoms with Gasteiger partial charge in [0.15, 0.2) is 5.60 Å². The second-order valence-electron chi connectivity index (χ2n) is 12.1. The van der Waals surface area contributed by atoms with E-state index in [9.17, 15) is 24.0 Å². The molecular weight excluding hydrogens is 540 g/mol. The summed E-state index contributed by atoms with van der Waals surface area (Å²) in [6, 6.07) is 8.52. The van der Waals surface area contributed by atoms with Gasteiger partial charge in [0, 0.05) is 38.5 Å². The number of Topliss-reactive ketones (excluding diaryl/α,β-unsaturated/α-hetero) is 1. The number of hydrogen-bond acceptors (Lipinski definition) is 9. The molecule has 1 aromatic carbocycles. The molecule has 1 fully saturated rings. The molecule has 0 spiro atoms. The molecule has 1 saturated carbocycles. The fourth-order valence-corrected chi connectivity index (χ4v) is 6.05. The number of ether oxygens (including phenoxy) is 4. The minimum absolute atomic E-state index is 0.0850. The van der Waals surface area contributed by atoms with Crippen molar-refractivity contribution in [1.82, 2.24) is 0 Å². The van der Waals surface area contributed by atoms with E-state index in [1.54, 1.807) is 69.3 Å². The first kappa shape index (κ1) is 32.8. The van der Waals surface area contributed by atoms with Crippen LogP contribution in [0.5, 0.6) is 0 Å². The lowest BCUT2D eigenvalue weighted by atomic mass is 9.75. The first-order chi connectivity index (χ1) is 19.6. The highest BCUT2D eigenvalue weighted by atomic mass is 16.6. The summed E-state index contributed by atoms with van der Waals surface area (Å²) in [7, 11) is 0. The molecule has 2 aliphatic carbocycles. The van der Waals surface area contributed by atoms with E-state index in [1.165, 1.54) is 20.8 Å². The number of carbonyl (C=O) groups excluding carboxylic acids is 5. The Bertz CT molecular complexity index is 1260. The van der Waals surface area contributed by atoms with E-state index in [4.69, 9.17) is 18.9 Å². The van der Waals surface area contributed by atoms with Gasteiger partial charge in [-0.2, -0.15) is 0 Å². The van der Waals surface area contributed by atoms with Gasteiger partial charge >= 0.3 is 23.9 Å². The second-order valence-corrected chi connectivity index (χ2v) is 12.1. The maximum Gasteiger partial charge on any atom is 0.338 e. The van der Waals surface area contributed by atoms with Gasteiger partial charge in [-0.05, 0) is 50.8 Å². The second kappa shape index (κ2) is 13.0. The zero-order chi connectivity index (χ0) is 31.4. The lowest BCUT2D eigenvalue weighted by molar-refractivity contribution is -0.195.